The fourth-order valence-corrected chi connectivity index (χ4v) is 5.36. The van der Waals surface area contributed by atoms with Gasteiger partial charge in [0.15, 0.2) is 0 Å². The smallest absolute Gasteiger partial charge is 0.321 e. The maximum atomic E-state index is 13.6. The van der Waals surface area contributed by atoms with Crippen LogP contribution in [0.2, 0.25) is 0 Å². The molecule has 1 aromatic heterocycles. The Kier molecular flexibility index (Phi) is 5.96. The molecule has 2 aromatic rings. The number of rotatable bonds is 5. The molecule has 3 fully saturated rings. The molecule has 3 aliphatic rings. The first-order chi connectivity index (χ1) is 16.0. The van der Waals surface area contributed by atoms with Crippen LogP contribution in [0, 0.1) is 24.2 Å². The Bertz CT molecular complexity index is 1010. The normalized spacial score (nSPS) is 24.7. The second kappa shape index (κ2) is 9.04. The van der Waals surface area contributed by atoms with Crippen molar-refractivity contribution in [3.8, 4) is 0 Å². The molecule has 1 aliphatic carbocycles. The molecule has 1 aromatic carbocycles. The summed E-state index contributed by atoms with van der Waals surface area (Å²) in [6, 6.07) is 13.7. The van der Waals surface area contributed by atoms with Crippen LogP contribution in [0.3, 0.4) is 0 Å². The molecule has 2 atom stereocenters. The molecule has 0 spiro atoms. The number of aromatic nitrogens is 1. The lowest BCUT2D eigenvalue weighted by Crippen LogP contribution is -2.49. The van der Waals surface area contributed by atoms with Crippen LogP contribution >= 0.6 is 0 Å². The zero-order valence-corrected chi connectivity index (χ0v) is 19.3. The molecule has 2 aliphatic heterocycles. The Morgan fingerprint density at radius 2 is 2.03 bits per heavy atom. The summed E-state index contributed by atoms with van der Waals surface area (Å²) in [4.78, 5) is 35.4. The molecule has 174 valence electrons. The van der Waals surface area contributed by atoms with Gasteiger partial charge in [0.05, 0.1) is 5.41 Å². The number of nitrogens with zero attached hydrogens (tertiary/aromatic N) is 3. The molecule has 0 unspecified atom stereocenters. The summed E-state index contributed by atoms with van der Waals surface area (Å²) in [5, 5.41) is 6.31. The Labute approximate surface area is 195 Å². The van der Waals surface area contributed by atoms with Crippen LogP contribution in [0.4, 0.5) is 16.3 Å². The third kappa shape index (κ3) is 4.68. The van der Waals surface area contributed by atoms with E-state index in [0.717, 1.165) is 43.0 Å². The lowest BCUT2D eigenvalue weighted by molar-refractivity contribution is -0.132. The van der Waals surface area contributed by atoms with Gasteiger partial charge in [-0.05, 0) is 68.4 Å². The van der Waals surface area contributed by atoms with Gasteiger partial charge in [0, 0.05) is 50.5 Å². The first-order valence-electron chi connectivity index (χ1n) is 12.1. The van der Waals surface area contributed by atoms with E-state index in [1.807, 2.05) is 54.3 Å². The highest BCUT2D eigenvalue weighted by Crippen LogP contribution is 2.44. The van der Waals surface area contributed by atoms with Crippen LogP contribution in [0.1, 0.15) is 31.2 Å². The molecule has 2 saturated heterocycles. The number of aryl methyl sites for hydroxylation is 1. The number of amides is 3. The number of hydrogen-bond acceptors (Lipinski definition) is 4. The van der Waals surface area contributed by atoms with E-state index < -0.39 is 5.41 Å². The van der Waals surface area contributed by atoms with E-state index in [0.29, 0.717) is 25.6 Å². The number of benzene rings is 1. The average molecular weight is 448 g/mol. The molecule has 7 heteroatoms. The number of hydrogen-bond donors (Lipinski definition) is 2. The third-order valence-electron chi connectivity index (χ3n) is 7.42. The summed E-state index contributed by atoms with van der Waals surface area (Å²) in [6.45, 7) is 5.39. The minimum absolute atomic E-state index is 0.0597. The van der Waals surface area contributed by atoms with Gasteiger partial charge in [0.1, 0.15) is 5.82 Å². The van der Waals surface area contributed by atoms with Crippen LogP contribution in [0.5, 0.6) is 0 Å². The quantitative estimate of drug-likeness (QED) is 0.733. The van der Waals surface area contributed by atoms with Crippen LogP contribution in [-0.2, 0) is 4.79 Å². The van der Waals surface area contributed by atoms with Crippen molar-refractivity contribution in [1.82, 2.24) is 15.2 Å². The predicted octanol–water partition coefficient (Wildman–Crippen LogP) is 3.67. The van der Waals surface area contributed by atoms with Crippen molar-refractivity contribution in [2.75, 3.05) is 42.9 Å². The molecule has 0 bridgehead atoms. The number of likely N-dealkylation sites (tertiary alicyclic amines) is 1. The van der Waals surface area contributed by atoms with Gasteiger partial charge < -0.3 is 20.4 Å². The Morgan fingerprint density at radius 3 is 2.79 bits per heavy atom. The minimum atomic E-state index is -0.495. The van der Waals surface area contributed by atoms with E-state index in [-0.39, 0.29) is 17.9 Å². The summed E-state index contributed by atoms with van der Waals surface area (Å²) < 4.78 is 0. The molecular weight excluding hydrogens is 414 g/mol. The van der Waals surface area contributed by atoms with Crippen LogP contribution < -0.4 is 15.5 Å². The van der Waals surface area contributed by atoms with Gasteiger partial charge in [0.25, 0.3) is 0 Å². The van der Waals surface area contributed by atoms with E-state index in [1.165, 1.54) is 12.8 Å². The molecule has 3 heterocycles. The van der Waals surface area contributed by atoms with Gasteiger partial charge in [-0.15, -0.1) is 0 Å². The van der Waals surface area contributed by atoms with Crippen molar-refractivity contribution in [1.29, 1.82) is 0 Å². The largest absolute Gasteiger partial charge is 0.355 e. The zero-order valence-electron chi connectivity index (χ0n) is 19.3. The lowest BCUT2D eigenvalue weighted by atomic mass is 9.74. The Balaban J connectivity index is 1.35. The summed E-state index contributed by atoms with van der Waals surface area (Å²) in [6.07, 6.45) is 5.81. The van der Waals surface area contributed by atoms with E-state index in [4.69, 9.17) is 0 Å². The minimum Gasteiger partial charge on any atom is -0.355 e. The Hall–Kier alpha value is -3.09. The van der Waals surface area contributed by atoms with Crippen molar-refractivity contribution < 1.29 is 9.59 Å². The van der Waals surface area contributed by atoms with Crippen molar-refractivity contribution in [2.45, 2.75) is 32.6 Å². The highest BCUT2D eigenvalue weighted by Gasteiger charge is 2.53. The number of pyridine rings is 1. The highest BCUT2D eigenvalue weighted by atomic mass is 16.2. The van der Waals surface area contributed by atoms with Crippen molar-refractivity contribution >= 4 is 23.4 Å². The predicted molar refractivity (Wildman–Crippen MR) is 129 cm³/mol. The average Bonchev–Trinajstić information content (AvgIpc) is 3.61. The fourth-order valence-electron chi connectivity index (χ4n) is 5.36. The summed E-state index contributed by atoms with van der Waals surface area (Å²) in [5.74, 6) is 1.75. The summed E-state index contributed by atoms with van der Waals surface area (Å²) in [5.41, 5.74) is 1.42. The standard InChI is InChI=1S/C26H33N5O2/c1-19-6-4-7-22(14-19)29-25(33)30-13-5-11-26(24(32)28-15-20-9-10-20)18-31(17-21(26)16-30)23-8-2-3-12-27-23/h2-4,6-8,12,14,20-21H,5,9-11,13,15-18H2,1H3,(H,28,32)(H,29,33)/t21-,26-/m0/s1. The summed E-state index contributed by atoms with van der Waals surface area (Å²) >= 11 is 0. The number of nitrogens with one attached hydrogen (secondary N) is 2. The number of carbonyl (C=O) groups is 2. The van der Waals surface area contributed by atoms with Gasteiger partial charge in [-0.1, -0.05) is 18.2 Å². The van der Waals surface area contributed by atoms with E-state index in [1.54, 1.807) is 6.20 Å². The van der Waals surface area contributed by atoms with Crippen LogP contribution in [0.15, 0.2) is 48.7 Å². The van der Waals surface area contributed by atoms with Crippen molar-refractivity contribution in [3.05, 3.63) is 54.2 Å². The van der Waals surface area contributed by atoms with E-state index in [2.05, 4.69) is 20.5 Å². The second-order valence-corrected chi connectivity index (χ2v) is 9.92. The molecule has 5 rings (SSSR count). The lowest BCUT2D eigenvalue weighted by Gasteiger charge is -2.32. The molecule has 2 N–H and O–H groups in total. The molecule has 3 amide bonds. The van der Waals surface area contributed by atoms with Gasteiger partial charge in [-0.3, -0.25) is 4.79 Å². The maximum absolute atomic E-state index is 13.6. The second-order valence-electron chi connectivity index (χ2n) is 9.92. The third-order valence-corrected chi connectivity index (χ3v) is 7.42. The zero-order chi connectivity index (χ0) is 22.8. The van der Waals surface area contributed by atoms with Crippen LogP contribution in [-0.4, -0.2) is 54.5 Å². The number of fused-ring (bicyclic) bond motifs is 1. The van der Waals surface area contributed by atoms with E-state index in [9.17, 15) is 9.59 Å². The van der Waals surface area contributed by atoms with Crippen molar-refractivity contribution in [2.24, 2.45) is 17.3 Å². The highest BCUT2D eigenvalue weighted by molar-refractivity contribution is 5.90. The molecular formula is C26H33N5O2. The van der Waals surface area contributed by atoms with Crippen LogP contribution in [0.25, 0.3) is 0 Å². The molecule has 1 saturated carbocycles. The van der Waals surface area contributed by atoms with Crippen molar-refractivity contribution in [3.63, 3.8) is 0 Å². The van der Waals surface area contributed by atoms with Gasteiger partial charge in [0.2, 0.25) is 5.91 Å². The first kappa shape index (κ1) is 21.7. The van der Waals surface area contributed by atoms with E-state index >= 15 is 0 Å². The fraction of sp³-hybridized carbons (Fsp3) is 0.500. The molecule has 33 heavy (non-hydrogen) atoms. The van der Waals surface area contributed by atoms with Gasteiger partial charge in [-0.25, -0.2) is 9.78 Å². The molecule has 7 nitrogen and oxygen atoms in total. The maximum Gasteiger partial charge on any atom is 0.321 e. The number of carbonyl (C=O) groups excluding carboxylic acids is 2. The molecule has 0 radical (unpaired) electrons. The Morgan fingerprint density at radius 1 is 1.15 bits per heavy atom. The van der Waals surface area contributed by atoms with Gasteiger partial charge >= 0.3 is 6.03 Å². The number of anilines is 2. The topological polar surface area (TPSA) is 77.6 Å². The SMILES string of the molecule is Cc1cccc(NC(=O)N2CCC[C@]3(C(=O)NCC4CC4)CN(c4ccccn4)C[C@@H]3C2)c1. The monoisotopic (exact) mass is 447 g/mol. The van der Waals surface area contributed by atoms with Gasteiger partial charge in [-0.2, -0.15) is 0 Å². The summed E-state index contributed by atoms with van der Waals surface area (Å²) in [7, 11) is 0. The number of urea groups is 1. The first-order valence-corrected chi connectivity index (χ1v) is 12.1.